The van der Waals surface area contributed by atoms with Crippen molar-refractivity contribution in [3.05, 3.63) is 17.0 Å². The molecule has 5 nitrogen and oxygen atoms in total. The number of aromatic carboxylic acids is 1. The number of hydrogen-bond donors (Lipinski definition) is 2. The number of thiophene rings is 1. The summed E-state index contributed by atoms with van der Waals surface area (Å²) in [6.45, 7) is 9.88. The molecule has 0 radical (unpaired) electrons. The predicted molar refractivity (Wildman–Crippen MR) is 78.8 cm³/mol. The number of carbonyl (C=O) groups is 1. The van der Waals surface area contributed by atoms with Gasteiger partial charge in [0.05, 0.1) is 5.56 Å². The normalized spacial score (nSPS) is 13.5. The van der Waals surface area contributed by atoms with E-state index in [2.05, 4.69) is 4.39 Å². The van der Waals surface area contributed by atoms with Gasteiger partial charge in [-0.15, -0.1) is 11.3 Å². The summed E-state index contributed by atoms with van der Waals surface area (Å²) in [4.78, 5) is 10.8. The van der Waals surface area contributed by atoms with Crippen molar-refractivity contribution < 1.29 is 18.3 Å². The Morgan fingerprint density at radius 2 is 1.89 bits per heavy atom. The Morgan fingerprint density at radius 1 is 1.37 bits per heavy atom. The van der Waals surface area contributed by atoms with Gasteiger partial charge < -0.3 is 5.11 Å². The molecule has 0 aliphatic rings. The van der Waals surface area contributed by atoms with Gasteiger partial charge in [0.15, 0.2) is 0 Å². The quantitative estimate of drug-likeness (QED) is 0.835. The predicted octanol–water partition coefficient (Wildman–Crippen LogP) is 2.73. The Morgan fingerprint density at radius 3 is 2.26 bits per heavy atom. The summed E-state index contributed by atoms with van der Waals surface area (Å²) in [5, 5.41) is 10.0. The topological polar surface area (TPSA) is 83.5 Å². The summed E-state index contributed by atoms with van der Waals surface area (Å²) < 4.78 is 27.4. The van der Waals surface area contributed by atoms with Crippen molar-refractivity contribution in [1.82, 2.24) is 4.39 Å². The lowest BCUT2D eigenvalue weighted by molar-refractivity contribution is 0.0697. The minimum atomic E-state index is -3.65. The van der Waals surface area contributed by atoms with Crippen molar-refractivity contribution in [3.63, 3.8) is 0 Å². The summed E-state index contributed by atoms with van der Waals surface area (Å²) in [6.07, 6.45) is 0. The van der Waals surface area contributed by atoms with Crippen LogP contribution in [0.15, 0.2) is 15.7 Å². The fourth-order valence-electron chi connectivity index (χ4n) is 1.11. The Labute approximate surface area is 118 Å². The van der Waals surface area contributed by atoms with E-state index >= 15 is 0 Å². The zero-order valence-corrected chi connectivity index (χ0v) is 14.3. The maximum absolute atomic E-state index is 12.3. The van der Waals surface area contributed by atoms with E-state index < -0.39 is 24.2 Å². The first kappa shape index (κ1) is 16.4. The van der Waals surface area contributed by atoms with E-state index in [1.807, 2.05) is 33.9 Å². The molecule has 19 heavy (non-hydrogen) atoms. The van der Waals surface area contributed by atoms with Crippen LogP contribution in [0.4, 0.5) is 0 Å². The number of nitrogens with one attached hydrogen (secondary N) is 1. The van der Waals surface area contributed by atoms with Crippen molar-refractivity contribution >= 4 is 35.6 Å². The van der Waals surface area contributed by atoms with Crippen LogP contribution in [-0.4, -0.2) is 27.7 Å². The van der Waals surface area contributed by atoms with Crippen LogP contribution in [0.3, 0.4) is 0 Å². The van der Waals surface area contributed by atoms with Crippen LogP contribution in [0.2, 0.25) is 18.1 Å². The Hall–Kier alpha value is -0.703. The van der Waals surface area contributed by atoms with Crippen molar-refractivity contribution in [1.29, 1.82) is 0 Å². The van der Waals surface area contributed by atoms with Gasteiger partial charge in [-0.25, -0.2) is 17.6 Å². The molecule has 0 amide bonds. The molecule has 0 aliphatic carbocycles. The lowest BCUT2D eigenvalue weighted by Crippen LogP contribution is -2.54. The van der Waals surface area contributed by atoms with Crippen LogP contribution in [0, 0.1) is 0 Å². The lowest BCUT2D eigenvalue weighted by atomic mass is 10.2. The molecule has 0 bridgehead atoms. The average molecular weight is 321 g/mol. The van der Waals surface area contributed by atoms with E-state index in [4.69, 9.17) is 5.11 Å². The lowest BCUT2D eigenvalue weighted by Gasteiger charge is -2.36. The molecule has 108 valence electrons. The van der Waals surface area contributed by atoms with E-state index in [9.17, 15) is 13.2 Å². The van der Waals surface area contributed by atoms with Crippen LogP contribution < -0.4 is 4.39 Å². The molecular weight excluding hydrogens is 302 g/mol. The second-order valence-corrected chi connectivity index (χ2v) is 14.1. The molecule has 2 N–H and O–H groups in total. The number of rotatable bonds is 4. The van der Waals surface area contributed by atoms with Crippen molar-refractivity contribution in [2.24, 2.45) is 0 Å². The molecule has 0 saturated heterocycles. The smallest absolute Gasteiger partial charge is 0.336 e. The molecule has 1 aromatic heterocycles. The third-order valence-electron chi connectivity index (χ3n) is 3.35. The molecule has 0 aromatic carbocycles. The maximum atomic E-state index is 12.3. The summed E-state index contributed by atoms with van der Waals surface area (Å²) in [7, 11) is -5.87. The molecule has 1 rings (SSSR count). The number of sulfonamides is 1. The van der Waals surface area contributed by atoms with Gasteiger partial charge in [0.1, 0.15) is 12.4 Å². The van der Waals surface area contributed by atoms with Crippen molar-refractivity contribution in [2.75, 3.05) is 0 Å². The van der Waals surface area contributed by atoms with E-state index in [-0.39, 0.29) is 14.8 Å². The molecule has 1 aromatic rings. The summed E-state index contributed by atoms with van der Waals surface area (Å²) in [6, 6.07) is 1.20. The molecule has 0 spiro atoms. The Balaban J connectivity index is 3.08. The molecular formula is C11H19NO4S2Si. The molecule has 1 heterocycles. The monoisotopic (exact) mass is 321 g/mol. The third-order valence-corrected chi connectivity index (χ3v) is 12.5. The van der Waals surface area contributed by atoms with E-state index in [1.54, 1.807) is 0 Å². The molecule has 0 fully saturated rings. The van der Waals surface area contributed by atoms with Crippen LogP contribution in [0.1, 0.15) is 31.1 Å². The fraction of sp³-hybridized carbons (Fsp3) is 0.545. The van der Waals surface area contributed by atoms with Gasteiger partial charge in [-0.05, 0) is 11.1 Å². The van der Waals surface area contributed by atoms with Crippen LogP contribution in [0.5, 0.6) is 0 Å². The summed E-state index contributed by atoms with van der Waals surface area (Å²) in [5.74, 6) is -1.12. The van der Waals surface area contributed by atoms with Gasteiger partial charge in [-0.3, -0.25) is 0 Å². The standard InChI is InChI=1S/C11H19NO4S2Si/c1-11(2,3)19(4,5)12-18(15,16)9-6-8(7-17-9)10(13)14/h6-7,12H,1-5H3,(H,13,14). The second-order valence-electron chi connectivity index (χ2n) is 5.94. The molecule has 0 atom stereocenters. The number of carboxylic acid groups (broad SMARTS) is 1. The molecule has 0 aliphatic heterocycles. The van der Waals surface area contributed by atoms with Gasteiger partial charge in [-0.1, -0.05) is 33.9 Å². The first-order chi connectivity index (χ1) is 8.37. The van der Waals surface area contributed by atoms with Gasteiger partial charge in [0, 0.05) is 5.38 Å². The first-order valence-corrected chi connectivity index (χ1v) is 11.1. The highest BCUT2D eigenvalue weighted by Gasteiger charge is 2.39. The van der Waals surface area contributed by atoms with E-state index in [0.29, 0.717) is 0 Å². The Kier molecular flexibility index (Phi) is 4.31. The third kappa shape index (κ3) is 3.65. The highest BCUT2D eigenvalue weighted by atomic mass is 32.2. The van der Waals surface area contributed by atoms with Gasteiger partial charge in [-0.2, -0.15) is 0 Å². The van der Waals surface area contributed by atoms with Crippen LogP contribution >= 0.6 is 11.3 Å². The SMILES string of the molecule is CC(C)(C)[Si](C)(C)NS(=O)(=O)c1cc(C(=O)O)cs1. The van der Waals surface area contributed by atoms with Crippen LogP contribution in [0.25, 0.3) is 0 Å². The average Bonchev–Trinajstić information content (AvgIpc) is 2.62. The maximum Gasteiger partial charge on any atom is 0.336 e. The fourth-order valence-corrected chi connectivity index (χ4v) is 7.34. The minimum Gasteiger partial charge on any atom is -0.478 e. The number of carboxylic acids is 1. The largest absolute Gasteiger partial charge is 0.478 e. The van der Waals surface area contributed by atoms with Gasteiger partial charge in [0.2, 0.25) is 10.0 Å². The van der Waals surface area contributed by atoms with Gasteiger partial charge in [0.25, 0.3) is 0 Å². The Bertz CT molecular complexity index is 584. The summed E-state index contributed by atoms with van der Waals surface area (Å²) >= 11 is 0.927. The van der Waals surface area contributed by atoms with Crippen molar-refractivity contribution in [2.45, 2.75) is 43.1 Å². The highest BCUT2D eigenvalue weighted by molar-refractivity contribution is 7.93. The van der Waals surface area contributed by atoms with Crippen molar-refractivity contribution in [3.8, 4) is 0 Å². The molecule has 0 unspecified atom stereocenters. The van der Waals surface area contributed by atoms with Crippen LogP contribution in [-0.2, 0) is 10.0 Å². The summed E-state index contributed by atoms with van der Waals surface area (Å²) in [5.41, 5.74) is 0.000562. The highest BCUT2D eigenvalue weighted by Crippen LogP contribution is 2.35. The zero-order chi connectivity index (χ0) is 15.1. The van der Waals surface area contributed by atoms with E-state index in [1.165, 1.54) is 11.4 Å². The number of hydrogen-bond acceptors (Lipinski definition) is 4. The zero-order valence-electron chi connectivity index (χ0n) is 11.6. The first-order valence-electron chi connectivity index (χ1n) is 5.73. The van der Waals surface area contributed by atoms with E-state index in [0.717, 1.165) is 11.3 Å². The van der Waals surface area contributed by atoms with Gasteiger partial charge >= 0.3 is 5.97 Å². The minimum absolute atomic E-state index is 0.000562. The molecule has 8 heteroatoms. The molecule has 0 saturated carbocycles. The second kappa shape index (κ2) is 5.00.